The van der Waals surface area contributed by atoms with Crippen LogP contribution in [0.4, 0.5) is 0 Å². The highest BCUT2D eigenvalue weighted by atomic mass is 35.5. The first-order valence-electron chi connectivity index (χ1n) is 9.03. The van der Waals surface area contributed by atoms with Crippen LogP contribution < -0.4 is 14.8 Å². The summed E-state index contributed by atoms with van der Waals surface area (Å²) < 4.78 is 16.0. The molecule has 1 amide bonds. The van der Waals surface area contributed by atoms with Crippen LogP contribution in [0.1, 0.15) is 12.6 Å². The Labute approximate surface area is 177 Å². The van der Waals surface area contributed by atoms with Crippen LogP contribution in [0.15, 0.2) is 47.6 Å². The standard InChI is InChI=1S/C21H25ClN2O5.H2/c1-26-12-13-29-18-9-4-15(14-19(18)27-2)10-11-23-21(25)20(24-28-3)16-5-7-17(22)8-6-16;/h4-9,14H,10-13H2,1-3H3,(H,23,25);1H/b24-20-;. The van der Waals surface area contributed by atoms with Crippen molar-refractivity contribution in [3.63, 3.8) is 0 Å². The molecule has 0 fully saturated rings. The zero-order valence-corrected chi connectivity index (χ0v) is 17.5. The molecule has 0 spiro atoms. The third-order valence-electron chi connectivity index (χ3n) is 3.99. The molecule has 158 valence electrons. The van der Waals surface area contributed by atoms with Crippen molar-refractivity contribution in [2.24, 2.45) is 5.16 Å². The molecule has 0 aromatic heterocycles. The smallest absolute Gasteiger partial charge is 0.273 e. The Morgan fingerprint density at radius 1 is 1.07 bits per heavy atom. The molecule has 0 saturated heterocycles. The number of carbonyl (C=O) groups excluding carboxylic acids is 1. The molecular weight excluding hydrogens is 396 g/mol. The minimum absolute atomic E-state index is 0. The van der Waals surface area contributed by atoms with Crippen molar-refractivity contribution in [2.75, 3.05) is 41.1 Å². The molecule has 2 aromatic rings. The number of oxime groups is 1. The van der Waals surface area contributed by atoms with Crippen LogP contribution in [-0.4, -0.2) is 52.7 Å². The number of halogens is 1. The van der Waals surface area contributed by atoms with Crippen LogP contribution in [0.3, 0.4) is 0 Å². The lowest BCUT2D eigenvalue weighted by atomic mass is 10.1. The Morgan fingerprint density at radius 3 is 2.48 bits per heavy atom. The van der Waals surface area contributed by atoms with Crippen molar-refractivity contribution in [3.8, 4) is 11.5 Å². The van der Waals surface area contributed by atoms with E-state index < -0.39 is 0 Å². The van der Waals surface area contributed by atoms with Crippen molar-refractivity contribution >= 4 is 23.2 Å². The summed E-state index contributed by atoms with van der Waals surface area (Å²) in [5.74, 6) is 0.947. The van der Waals surface area contributed by atoms with E-state index in [-0.39, 0.29) is 13.0 Å². The first kappa shape index (κ1) is 22.5. The van der Waals surface area contributed by atoms with E-state index in [0.29, 0.717) is 48.3 Å². The molecule has 0 aliphatic rings. The number of nitrogens with one attached hydrogen (secondary N) is 1. The van der Waals surface area contributed by atoms with E-state index in [2.05, 4.69) is 10.5 Å². The van der Waals surface area contributed by atoms with Crippen molar-refractivity contribution in [1.29, 1.82) is 0 Å². The maximum Gasteiger partial charge on any atom is 0.273 e. The van der Waals surface area contributed by atoms with E-state index in [1.54, 1.807) is 38.5 Å². The van der Waals surface area contributed by atoms with Gasteiger partial charge in [-0.25, -0.2) is 0 Å². The minimum Gasteiger partial charge on any atom is -0.493 e. The van der Waals surface area contributed by atoms with Gasteiger partial charge < -0.3 is 24.4 Å². The van der Waals surface area contributed by atoms with Crippen LogP contribution in [0.5, 0.6) is 11.5 Å². The molecule has 0 heterocycles. The Kier molecular flexibility index (Phi) is 9.27. The second-order valence-electron chi connectivity index (χ2n) is 5.96. The second kappa shape index (κ2) is 11.9. The van der Waals surface area contributed by atoms with Crippen LogP contribution in [-0.2, 0) is 20.8 Å². The molecule has 0 radical (unpaired) electrons. The summed E-state index contributed by atoms with van der Waals surface area (Å²) >= 11 is 5.90. The fourth-order valence-corrected chi connectivity index (χ4v) is 2.68. The van der Waals surface area contributed by atoms with Crippen LogP contribution in [0.25, 0.3) is 0 Å². The molecule has 2 rings (SSSR count). The largest absolute Gasteiger partial charge is 0.493 e. The van der Waals surface area contributed by atoms with Crippen LogP contribution in [0, 0.1) is 0 Å². The van der Waals surface area contributed by atoms with Crippen molar-refractivity contribution in [1.82, 2.24) is 5.32 Å². The number of nitrogens with zero attached hydrogens (tertiary/aromatic N) is 1. The maximum atomic E-state index is 12.5. The van der Waals surface area contributed by atoms with Gasteiger partial charge in [-0.1, -0.05) is 35.0 Å². The molecule has 29 heavy (non-hydrogen) atoms. The van der Waals surface area contributed by atoms with E-state index in [1.807, 2.05) is 18.2 Å². The molecule has 0 unspecified atom stereocenters. The highest BCUT2D eigenvalue weighted by Gasteiger charge is 2.15. The zero-order valence-electron chi connectivity index (χ0n) is 16.7. The van der Waals surface area contributed by atoms with Gasteiger partial charge in [0, 0.05) is 25.7 Å². The lowest BCUT2D eigenvalue weighted by Gasteiger charge is -2.12. The topological polar surface area (TPSA) is 78.4 Å². The molecule has 0 aliphatic carbocycles. The quantitative estimate of drug-likeness (QED) is 0.341. The van der Waals surface area contributed by atoms with Crippen LogP contribution >= 0.6 is 11.6 Å². The molecule has 0 aliphatic heterocycles. The molecule has 0 bridgehead atoms. The summed E-state index contributed by atoms with van der Waals surface area (Å²) in [6.45, 7) is 1.35. The van der Waals surface area contributed by atoms with Crippen molar-refractivity contribution < 1.29 is 25.3 Å². The average Bonchev–Trinajstić information content (AvgIpc) is 2.73. The Bertz CT molecular complexity index is 831. The first-order valence-corrected chi connectivity index (χ1v) is 9.40. The Balaban J connectivity index is 0.00000450. The van der Waals surface area contributed by atoms with Gasteiger partial charge in [0.15, 0.2) is 17.2 Å². The number of amides is 1. The predicted octanol–water partition coefficient (Wildman–Crippen LogP) is 3.33. The summed E-state index contributed by atoms with van der Waals surface area (Å²) in [6, 6.07) is 12.5. The number of methoxy groups -OCH3 is 2. The average molecular weight is 423 g/mol. The highest BCUT2D eigenvalue weighted by molar-refractivity contribution is 6.45. The first-order chi connectivity index (χ1) is 14.1. The fraction of sp³-hybridized carbons (Fsp3) is 0.333. The number of hydrogen-bond donors (Lipinski definition) is 1. The molecule has 7 nitrogen and oxygen atoms in total. The molecule has 8 heteroatoms. The van der Waals surface area contributed by atoms with Crippen molar-refractivity contribution in [2.45, 2.75) is 6.42 Å². The monoisotopic (exact) mass is 422 g/mol. The number of hydrogen-bond acceptors (Lipinski definition) is 6. The van der Waals surface area contributed by atoms with E-state index in [9.17, 15) is 4.79 Å². The van der Waals surface area contributed by atoms with E-state index in [4.69, 9.17) is 30.6 Å². The van der Waals surface area contributed by atoms with Gasteiger partial charge in [0.05, 0.1) is 13.7 Å². The summed E-state index contributed by atoms with van der Waals surface area (Å²) in [4.78, 5) is 17.3. The second-order valence-corrected chi connectivity index (χ2v) is 6.40. The summed E-state index contributed by atoms with van der Waals surface area (Å²) in [6.07, 6.45) is 0.612. The predicted molar refractivity (Wildman–Crippen MR) is 114 cm³/mol. The lowest BCUT2D eigenvalue weighted by molar-refractivity contribution is -0.114. The highest BCUT2D eigenvalue weighted by Crippen LogP contribution is 2.28. The third kappa shape index (κ3) is 6.96. The van der Waals surface area contributed by atoms with Gasteiger partial charge in [0.2, 0.25) is 0 Å². The van der Waals surface area contributed by atoms with Gasteiger partial charge in [0.1, 0.15) is 13.7 Å². The zero-order chi connectivity index (χ0) is 21.1. The van der Waals surface area contributed by atoms with Gasteiger partial charge in [-0.05, 0) is 36.2 Å². The number of carbonyl (C=O) groups is 1. The van der Waals surface area contributed by atoms with Gasteiger partial charge in [-0.3, -0.25) is 4.79 Å². The number of rotatable bonds is 11. The molecular formula is C21H27ClN2O5. The van der Waals surface area contributed by atoms with E-state index in [1.165, 1.54) is 7.11 Å². The van der Waals surface area contributed by atoms with E-state index >= 15 is 0 Å². The number of ether oxygens (including phenoxy) is 3. The van der Waals surface area contributed by atoms with Crippen LogP contribution in [0.2, 0.25) is 5.02 Å². The van der Waals surface area contributed by atoms with Gasteiger partial charge in [0.25, 0.3) is 5.91 Å². The summed E-state index contributed by atoms with van der Waals surface area (Å²) in [5, 5.41) is 7.27. The summed E-state index contributed by atoms with van der Waals surface area (Å²) in [5.41, 5.74) is 1.80. The van der Waals surface area contributed by atoms with Gasteiger partial charge >= 0.3 is 0 Å². The third-order valence-corrected chi connectivity index (χ3v) is 4.24. The molecule has 0 saturated carbocycles. The molecule has 2 aromatic carbocycles. The van der Waals surface area contributed by atoms with Gasteiger partial charge in [-0.15, -0.1) is 0 Å². The summed E-state index contributed by atoms with van der Waals surface area (Å²) in [7, 11) is 4.60. The van der Waals surface area contributed by atoms with E-state index in [0.717, 1.165) is 5.56 Å². The fourth-order valence-electron chi connectivity index (χ4n) is 2.55. The Morgan fingerprint density at radius 2 is 1.83 bits per heavy atom. The normalized spacial score (nSPS) is 11.1. The maximum absolute atomic E-state index is 12.5. The van der Waals surface area contributed by atoms with Gasteiger partial charge in [-0.2, -0.15) is 0 Å². The number of benzene rings is 2. The minimum atomic E-state index is -0.333. The Hall–Kier alpha value is -2.77. The lowest BCUT2D eigenvalue weighted by Crippen LogP contribution is -2.33. The molecule has 0 atom stereocenters. The molecule has 1 N–H and O–H groups in total. The van der Waals surface area contributed by atoms with Crippen molar-refractivity contribution in [3.05, 3.63) is 58.6 Å². The SMILES string of the molecule is COCCOc1ccc(CCNC(=O)/C(=N\OC)c2ccc(Cl)cc2)cc1OC.[HH].